The molecule has 0 aliphatic heterocycles. The maximum absolute atomic E-state index is 14.6. The maximum Gasteiger partial charge on any atom is 0.254 e. The van der Waals surface area contributed by atoms with Gasteiger partial charge in [-0.05, 0) is 40.5 Å². The van der Waals surface area contributed by atoms with E-state index in [1.807, 2.05) is 30.3 Å². The minimum absolute atomic E-state index is 0.0909. The fourth-order valence-corrected chi connectivity index (χ4v) is 3.61. The predicted octanol–water partition coefficient (Wildman–Crippen LogP) is 3.69. The molecule has 0 saturated carbocycles. The van der Waals surface area contributed by atoms with E-state index in [4.69, 9.17) is 0 Å². The van der Waals surface area contributed by atoms with Gasteiger partial charge in [-0.3, -0.25) is 9.59 Å². The molecule has 1 amide bonds. The average Bonchev–Trinajstić information content (AvgIpc) is 3.02. The van der Waals surface area contributed by atoms with Crippen molar-refractivity contribution in [2.75, 3.05) is 0 Å². The van der Waals surface area contributed by atoms with E-state index in [0.29, 0.717) is 29.4 Å². The van der Waals surface area contributed by atoms with Gasteiger partial charge < -0.3 is 10.4 Å². The number of aldehydes is 1. The summed E-state index contributed by atoms with van der Waals surface area (Å²) in [4.78, 5) is 23.7. The normalized spacial score (nSPS) is 17.8. The van der Waals surface area contributed by atoms with Gasteiger partial charge in [0, 0.05) is 12.0 Å². The SMILES string of the molecule is O=Cc1ccc2c(c1)C(NC(=O)c1ccc(-c3ccccc3)cc1F)C(O)C2. The summed E-state index contributed by atoms with van der Waals surface area (Å²) >= 11 is 0. The van der Waals surface area contributed by atoms with Crippen molar-refractivity contribution in [3.8, 4) is 11.1 Å². The summed E-state index contributed by atoms with van der Waals surface area (Å²) in [6, 6.07) is 18.2. The zero-order chi connectivity index (χ0) is 19.7. The van der Waals surface area contributed by atoms with Crippen molar-refractivity contribution < 1.29 is 19.1 Å². The molecule has 0 spiro atoms. The summed E-state index contributed by atoms with van der Waals surface area (Å²) in [7, 11) is 0. The Morgan fingerprint density at radius 3 is 2.54 bits per heavy atom. The van der Waals surface area contributed by atoms with E-state index >= 15 is 0 Å². The molecule has 0 aromatic heterocycles. The second-order valence-corrected chi connectivity index (χ2v) is 6.86. The molecular weight excluding hydrogens is 357 g/mol. The van der Waals surface area contributed by atoms with Crippen LogP contribution in [0.1, 0.15) is 37.9 Å². The number of aliphatic hydroxyl groups is 1. The molecular formula is C23H18FNO3. The number of fused-ring (bicyclic) bond motifs is 1. The highest BCUT2D eigenvalue weighted by Gasteiger charge is 2.33. The summed E-state index contributed by atoms with van der Waals surface area (Å²) in [5.74, 6) is -1.24. The summed E-state index contributed by atoms with van der Waals surface area (Å²) in [6.45, 7) is 0. The smallest absolute Gasteiger partial charge is 0.254 e. The van der Waals surface area contributed by atoms with E-state index < -0.39 is 23.9 Å². The Bertz CT molecular complexity index is 1050. The zero-order valence-electron chi connectivity index (χ0n) is 14.9. The van der Waals surface area contributed by atoms with E-state index in [9.17, 15) is 19.1 Å². The van der Waals surface area contributed by atoms with Gasteiger partial charge in [0.05, 0.1) is 17.7 Å². The van der Waals surface area contributed by atoms with Crippen molar-refractivity contribution in [1.82, 2.24) is 5.32 Å². The molecule has 0 heterocycles. The molecule has 0 radical (unpaired) electrons. The second kappa shape index (κ2) is 7.37. The number of hydrogen-bond donors (Lipinski definition) is 2. The van der Waals surface area contributed by atoms with Gasteiger partial charge in [0.2, 0.25) is 0 Å². The van der Waals surface area contributed by atoms with Gasteiger partial charge in [0.1, 0.15) is 12.1 Å². The Kier molecular flexibility index (Phi) is 4.75. The minimum Gasteiger partial charge on any atom is -0.390 e. The number of nitrogens with one attached hydrogen (secondary N) is 1. The molecule has 2 atom stereocenters. The van der Waals surface area contributed by atoms with Crippen molar-refractivity contribution >= 4 is 12.2 Å². The predicted molar refractivity (Wildman–Crippen MR) is 104 cm³/mol. The Hall–Kier alpha value is -3.31. The van der Waals surface area contributed by atoms with Gasteiger partial charge in [-0.15, -0.1) is 0 Å². The fraction of sp³-hybridized carbons (Fsp3) is 0.130. The zero-order valence-corrected chi connectivity index (χ0v) is 14.9. The van der Waals surface area contributed by atoms with Crippen LogP contribution < -0.4 is 5.32 Å². The molecule has 2 N–H and O–H groups in total. The number of carbonyl (C=O) groups excluding carboxylic acids is 2. The van der Waals surface area contributed by atoms with E-state index in [0.717, 1.165) is 11.1 Å². The lowest BCUT2D eigenvalue weighted by atomic mass is 10.0. The number of aliphatic hydroxyl groups excluding tert-OH is 1. The highest BCUT2D eigenvalue weighted by Crippen LogP contribution is 2.32. The molecule has 3 aromatic rings. The summed E-state index contributed by atoms with van der Waals surface area (Å²) in [5, 5.41) is 13.0. The maximum atomic E-state index is 14.6. The van der Waals surface area contributed by atoms with Crippen LogP contribution in [0.2, 0.25) is 0 Å². The monoisotopic (exact) mass is 375 g/mol. The number of hydrogen-bond acceptors (Lipinski definition) is 3. The lowest BCUT2D eigenvalue weighted by Crippen LogP contribution is -2.34. The van der Waals surface area contributed by atoms with Crippen LogP contribution in [0.25, 0.3) is 11.1 Å². The highest BCUT2D eigenvalue weighted by atomic mass is 19.1. The molecule has 1 aliphatic carbocycles. The quantitative estimate of drug-likeness (QED) is 0.684. The van der Waals surface area contributed by atoms with Gasteiger partial charge in [-0.25, -0.2) is 4.39 Å². The molecule has 3 aromatic carbocycles. The third-order valence-corrected chi connectivity index (χ3v) is 5.06. The number of carbonyl (C=O) groups is 2. The number of amides is 1. The van der Waals surface area contributed by atoms with Crippen LogP contribution in [0.15, 0.2) is 66.7 Å². The Morgan fingerprint density at radius 1 is 1.04 bits per heavy atom. The standard InChI is InChI=1S/C23H18FNO3/c24-20-11-16(15-4-2-1-3-5-15)8-9-18(20)23(28)25-22-19-10-14(13-26)6-7-17(19)12-21(22)27/h1-11,13,21-22,27H,12H2,(H,25,28). The lowest BCUT2D eigenvalue weighted by molar-refractivity contribution is 0.0854. The molecule has 0 bridgehead atoms. The van der Waals surface area contributed by atoms with Crippen LogP contribution in [0.4, 0.5) is 4.39 Å². The van der Waals surface area contributed by atoms with E-state index in [-0.39, 0.29) is 5.56 Å². The molecule has 4 rings (SSSR count). The van der Waals surface area contributed by atoms with Crippen LogP contribution in [0.3, 0.4) is 0 Å². The highest BCUT2D eigenvalue weighted by molar-refractivity contribution is 5.95. The first kappa shape index (κ1) is 18.1. The summed E-state index contributed by atoms with van der Waals surface area (Å²) in [6.07, 6.45) is 0.258. The van der Waals surface area contributed by atoms with Crippen molar-refractivity contribution in [3.63, 3.8) is 0 Å². The van der Waals surface area contributed by atoms with Gasteiger partial charge in [-0.1, -0.05) is 48.5 Å². The van der Waals surface area contributed by atoms with Crippen LogP contribution in [-0.2, 0) is 6.42 Å². The molecule has 4 nitrogen and oxygen atoms in total. The Balaban J connectivity index is 1.59. The van der Waals surface area contributed by atoms with Crippen molar-refractivity contribution in [1.29, 1.82) is 0 Å². The molecule has 0 saturated heterocycles. The third-order valence-electron chi connectivity index (χ3n) is 5.06. The van der Waals surface area contributed by atoms with Crippen molar-refractivity contribution in [2.45, 2.75) is 18.6 Å². The average molecular weight is 375 g/mol. The largest absolute Gasteiger partial charge is 0.390 e. The molecule has 140 valence electrons. The van der Waals surface area contributed by atoms with Crippen LogP contribution in [0.5, 0.6) is 0 Å². The second-order valence-electron chi connectivity index (χ2n) is 6.86. The van der Waals surface area contributed by atoms with E-state index in [1.165, 1.54) is 12.1 Å². The fourth-order valence-electron chi connectivity index (χ4n) is 3.61. The number of halogens is 1. The number of benzene rings is 3. The van der Waals surface area contributed by atoms with Crippen LogP contribution in [-0.4, -0.2) is 23.4 Å². The Labute approximate surface area is 161 Å². The van der Waals surface area contributed by atoms with E-state index in [2.05, 4.69) is 5.32 Å². The topological polar surface area (TPSA) is 66.4 Å². The molecule has 0 fully saturated rings. The van der Waals surface area contributed by atoms with Gasteiger partial charge in [0.25, 0.3) is 5.91 Å². The Morgan fingerprint density at radius 2 is 1.82 bits per heavy atom. The molecule has 1 aliphatic rings. The van der Waals surface area contributed by atoms with Gasteiger partial charge >= 0.3 is 0 Å². The van der Waals surface area contributed by atoms with Crippen LogP contribution >= 0.6 is 0 Å². The first-order valence-electron chi connectivity index (χ1n) is 8.98. The van der Waals surface area contributed by atoms with Crippen molar-refractivity contribution in [2.24, 2.45) is 0 Å². The lowest BCUT2D eigenvalue weighted by Gasteiger charge is -2.18. The molecule has 2 unspecified atom stereocenters. The van der Waals surface area contributed by atoms with Crippen molar-refractivity contribution in [3.05, 3.63) is 94.8 Å². The third kappa shape index (κ3) is 3.32. The number of rotatable bonds is 4. The van der Waals surface area contributed by atoms with E-state index in [1.54, 1.807) is 24.3 Å². The first-order valence-corrected chi connectivity index (χ1v) is 8.98. The molecule has 28 heavy (non-hydrogen) atoms. The first-order chi connectivity index (χ1) is 13.6. The summed E-state index contributed by atoms with van der Waals surface area (Å²) in [5.41, 5.74) is 3.46. The van der Waals surface area contributed by atoms with Crippen LogP contribution in [0, 0.1) is 5.82 Å². The summed E-state index contributed by atoms with van der Waals surface area (Å²) < 4.78 is 14.6. The van der Waals surface area contributed by atoms with Gasteiger partial charge in [0.15, 0.2) is 0 Å². The van der Waals surface area contributed by atoms with Gasteiger partial charge in [-0.2, -0.15) is 0 Å². The minimum atomic E-state index is -0.826. The molecule has 5 heteroatoms.